The maximum atomic E-state index is 12.8. The third-order valence-corrected chi connectivity index (χ3v) is 4.67. The molecule has 0 saturated heterocycles. The highest BCUT2D eigenvalue weighted by Crippen LogP contribution is 2.36. The molecule has 6 nitrogen and oxygen atoms in total. The number of amides is 1. The van der Waals surface area contributed by atoms with Crippen molar-refractivity contribution in [3.63, 3.8) is 0 Å². The Kier molecular flexibility index (Phi) is 6.41. The van der Waals surface area contributed by atoms with Crippen molar-refractivity contribution in [3.8, 4) is 17.2 Å². The Hall–Kier alpha value is -2.73. The molecule has 1 amide bonds. The van der Waals surface area contributed by atoms with Crippen LogP contribution in [0.1, 0.15) is 36.7 Å². The van der Waals surface area contributed by atoms with Gasteiger partial charge in [0.15, 0.2) is 11.5 Å². The van der Waals surface area contributed by atoms with Crippen LogP contribution in [0.25, 0.3) is 0 Å². The summed E-state index contributed by atoms with van der Waals surface area (Å²) in [5, 5.41) is 3.03. The van der Waals surface area contributed by atoms with Crippen molar-refractivity contribution in [3.05, 3.63) is 53.6 Å². The number of carbonyl (C=O) groups excluding carboxylic acids is 1. The zero-order valence-electron chi connectivity index (χ0n) is 16.6. The van der Waals surface area contributed by atoms with Gasteiger partial charge in [0.1, 0.15) is 12.4 Å². The SMILES string of the molecule is CCOCCOc1ccccc1C(=O)NCC(C)(C)c1ccc2c(c1)OCO2. The van der Waals surface area contributed by atoms with Crippen molar-refractivity contribution in [2.24, 2.45) is 0 Å². The quantitative estimate of drug-likeness (QED) is 0.669. The second kappa shape index (κ2) is 8.97. The van der Waals surface area contributed by atoms with Crippen LogP contribution in [-0.4, -0.2) is 39.1 Å². The van der Waals surface area contributed by atoms with Crippen molar-refractivity contribution in [1.29, 1.82) is 0 Å². The lowest BCUT2D eigenvalue weighted by atomic mass is 9.84. The third kappa shape index (κ3) is 4.75. The van der Waals surface area contributed by atoms with Crippen molar-refractivity contribution in [1.82, 2.24) is 5.32 Å². The molecule has 3 rings (SSSR count). The number of para-hydroxylation sites is 1. The van der Waals surface area contributed by atoms with E-state index >= 15 is 0 Å². The number of ether oxygens (including phenoxy) is 4. The molecule has 2 aromatic rings. The van der Waals surface area contributed by atoms with E-state index in [2.05, 4.69) is 19.2 Å². The van der Waals surface area contributed by atoms with Crippen LogP contribution in [0.15, 0.2) is 42.5 Å². The molecule has 0 fully saturated rings. The highest BCUT2D eigenvalue weighted by atomic mass is 16.7. The number of fused-ring (bicyclic) bond motifs is 1. The van der Waals surface area contributed by atoms with Gasteiger partial charge in [0.2, 0.25) is 6.79 Å². The third-order valence-electron chi connectivity index (χ3n) is 4.67. The Balaban J connectivity index is 1.63. The van der Waals surface area contributed by atoms with Gasteiger partial charge in [-0.2, -0.15) is 0 Å². The monoisotopic (exact) mass is 385 g/mol. The standard InChI is InChI=1S/C22H27NO5/c1-4-25-11-12-26-18-8-6-5-7-17(18)21(24)23-14-22(2,3)16-9-10-19-20(13-16)28-15-27-19/h5-10,13H,4,11-12,14-15H2,1-3H3,(H,23,24). The molecule has 0 radical (unpaired) electrons. The van der Waals surface area contributed by atoms with Gasteiger partial charge in [-0.3, -0.25) is 4.79 Å². The average molecular weight is 385 g/mol. The molecule has 1 heterocycles. The summed E-state index contributed by atoms with van der Waals surface area (Å²) in [5.41, 5.74) is 1.31. The predicted molar refractivity (Wildman–Crippen MR) is 106 cm³/mol. The van der Waals surface area contributed by atoms with Gasteiger partial charge >= 0.3 is 0 Å². The number of nitrogens with one attached hydrogen (secondary N) is 1. The largest absolute Gasteiger partial charge is 0.490 e. The molecule has 0 bridgehead atoms. The van der Waals surface area contributed by atoms with Crippen molar-refractivity contribution in [2.45, 2.75) is 26.2 Å². The summed E-state index contributed by atoms with van der Waals surface area (Å²) in [6, 6.07) is 13.1. The fourth-order valence-electron chi connectivity index (χ4n) is 2.95. The van der Waals surface area contributed by atoms with Gasteiger partial charge < -0.3 is 24.3 Å². The van der Waals surface area contributed by atoms with E-state index in [1.165, 1.54) is 0 Å². The Morgan fingerprint density at radius 3 is 2.71 bits per heavy atom. The first kappa shape index (κ1) is 20.0. The smallest absolute Gasteiger partial charge is 0.255 e. The fourth-order valence-corrected chi connectivity index (χ4v) is 2.95. The molecule has 0 spiro atoms. The summed E-state index contributed by atoms with van der Waals surface area (Å²) in [6.07, 6.45) is 0. The lowest BCUT2D eigenvalue weighted by molar-refractivity contribution is 0.0929. The van der Waals surface area contributed by atoms with E-state index in [-0.39, 0.29) is 18.1 Å². The van der Waals surface area contributed by atoms with Crippen LogP contribution in [0, 0.1) is 0 Å². The molecule has 28 heavy (non-hydrogen) atoms. The Labute approximate surface area is 165 Å². The maximum absolute atomic E-state index is 12.8. The van der Waals surface area contributed by atoms with Crippen LogP contribution in [0.4, 0.5) is 0 Å². The number of rotatable bonds is 9. The van der Waals surface area contributed by atoms with Crippen LogP contribution in [-0.2, 0) is 10.2 Å². The molecule has 0 aliphatic carbocycles. The fraction of sp³-hybridized carbons (Fsp3) is 0.409. The first-order valence-corrected chi connectivity index (χ1v) is 9.49. The number of benzene rings is 2. The minimum absolute atomic E-state index is 0.166. The summed E-state index contributed by atoms with van der Waals surface area (Å²) < 4.78 is 21.8. The zero-order chi connectivity index (χ0) is 20.0. The molecular formula is C22H27NO5. The first-order valence-electron chi connectivity index (χ1n) is 9.49. The molecule has 1 aliphatic heterocycles. The lowest BCUT2D eigenvalue weighted by Gasteiger charge is -2.26. The van der Waals surface area contributed by atoms with E-state index in [0.29, 0.717) is 37.7 Å². The summed E-state index contributed by atoms with van der Waals surface area (Å²) in [5.74, 6) is 1.88. The average Bonchev–Trinajstić information content (AvgIpc) is 3.18. The summed E-state index contributed by atoms with van der Waals surface area (Å²) in [6.45, 7) is 8.34. The molecule has 0 unspecified atom stereocenters. The van der Waals surface area contributed by atoms with Gasteiger partial charge in [0.05, 0.1) is 12.2 Å². The second-order valence-corrected chi connectivity index (χ2v) is 7.18. The summed E-state index contributed by atoms with van der Waals surface area (Å²) in [7, 11) is 0. The molecule has 1 N–H and O–H groups in total. The van der Waals surface area contributed by atoms with Gasteiger partial charge in [0.25, 0.3) is 5.91 Å². The number of hydrogen-bond acceptors (Lipinski definition) is 5. The summed E-state index contributed by atoms with van der Waals surface area (Å²) >= 11 is 0. The van der Waals surface area contributed by atoms with Gasteiger partial charge in [-0.1, -0.05) is 32.0 Å². The van der Waals surface area contributed by atoms with Crippen molar-refractivity contribution >= 4 is 5.91 Å². The van der Waals surface area contributed by atoms with Crippen LogP contribution < -0.4 is 19.5 Å². The summed E-state index contributed by atoms with van der Waals surface area (Å²) in [4.78, 5) is 12.8. The Morgan fingerprint density at radius 1 is 1.11 bits per heavy atom. The van der Waals surface area contributed by atoms with E-state index in [4.69, 9.17) is 18.9 Å². The second-order valence-electron chi connectivity index (χ2n) is 7.18. The molecule has 1 aliphatic rings. The molecule has 0 aromatic heterocycles. The van der Waals surface area contributed by atoms with E-state index in [1.54, 1.807) is 12.1 Å². The minimum Gasteiger partial charge on any atom is -0.490 e. The van der Waals surface area contributed by atoms with Gasteiger partial charge in [0, 0.05) is 18.6 Å². The van der Waals surface area contributed by atoms with Gasteiger partial charge in [-0.15, -0.1) is 0 Å². The lowest BCUT2D eigenvalue weighted by Crippen LogP contribution is -2.36. The molecule has 6 heteroatoms. The van der Waals surface area contributed by atoms with Crippen LogP contribution in [0.2, 0.25) is 0 Å². The highest BCUT2D eigenvalue weighted by Gasteiger charge is 2.25. The van der Waals surface area contributed by atoms with Gasteiger partial charge in [-0.25, -0.2) is 0 Å². The maximum Gasteiger partial charge on any atom is 0.255 e. The Morgan fingerprint density at radius 2 is 1.89 bits per heavy atom. The molecule has 150 valence electrons. The van der Waals surface area contributed by atoms with E-state index in [1.807, 2.05) is 37.3 Å². The predicted octanol–water partition coefficient (Wildman–Crippen LogP) is 3.54. The Bertz CT molecular complexity index is 818. The van der Waals surface area contributed by atoms with Crippen LogP contribution >= 0.6 is 0 Å². The van der Waals surface area contributed by atoms with Crippen molar-refractivity contribution in [2.75, 3.05) is 33.2 Å². The van der Waals surface area contributed by atoms with Gasteiger partial charge in [-0.05, 0) is 36.8 Å². The normalized spacial score (nSPS) is 12.7. The molecular weight excluding hydrogens is 358 g/mol. The van der Waals surface area contributed by atoms with Crippen LogP contribution in [0.3, 0.4) is 0 Å². The van der Waals surface area contributed by atoms with Crippen molar-refractivity contribution < 1.29 is 23.7 Å². The van der Waals surface area contributed by atoms with Crippen LogP contribution in [0.5, 0.6) is 17.2 Å². The van der Waals surface area contributed by atoms with E-state index in [9.17, 15) is 4.79 Å². The number of carbonyl (C=O) groups is 1. The zero-order valence-corrected chi connectivity index (χ0v) is 16.6. The molecule has 0 saturated carbocycles. The number of hydrogen-bond donors (Lipinski definition) is 1. The van der Waals surface area contributed by atoms with E-state index < -0.39 is 0 Å². The molecule has 2 aromatic carbocycles. The minimum atomic E-state index is -0.276. The topological polar surface area (TPSA) is 66.0 Å². The first-order chi connectivity index (χ1) is 13.5. The highest BCUT2D eigenvalue weighted by molar-refractivity contribution is 5.96. The molecule has 0 atom stereocenters. The van der Waals surface area contributed by atoms with E-state index in [0.717, 1.165) is 17.1 Å².